The second-order valence-electron chi connectivity index (χ2n) is 7.25. The van der Waals surface area contributed by atoms with Crippen molar-refractivity contribution in [1.29, 1.82) is 0 Å². The van der Waals surface area contributed by atoms with E-state index in [4.69, 9.17) is 15.4 Å². The number of nitrogens with two attached hydrogens (primary N) is 1. The molecule has 0 aromatic carbocycles. The first kappa shape index (κ1) is 38.4. The van der Waals surface area contributed by atoms with Crippen molar-refractivity contribution in [2.45, 2.75) is 24.5 Å². The fourth-order valence-electron chi connectivity index (χ4n) is 3.47. The Bertz CT molecular complexity index is 1410. The number of hydrogen-bond acceptors (Lipinski definition) is 16. The van der Waals surface area contributed by atoms with Crippen molar-refractivity contribution in [2.24, 2.45) is 0 Å². The summed E-state index contributed by atoms with van der Waals surface area (Å²) < 4.78 is 51.6. The summed E-state index contributed by atoms with van der Waals surface area (Å²) in [6.07, 6.45) is -3.50. The molecule has 1 fully saturated rings. The van der Waals surface area contributed by atoms with E-state index in [9.17, 15) is 38.6 Å². The Kier molecular flexibility index (Phi) is 14.7. The fraction of sp³-hybridized carbons (Fsp3) is 0.333. The first-order valence-corrected chi connectivity index (χ1v) is 14.9. The molecule has 0 amide bonds. The minimum atomic E-state index is -6.10. The average Bonchev–Trinajstić information content (AvgIpc) is 3.44. The van der Waals surface area contributed by atoms with E-state index >= 15 is 0 Å². The molecular formula is C15H16N4Na3O13P3S. The van der Waals surface area contributed by atoms with Crippen molar-refractivity contribution in [3.05, 3.63) is 30.0 Å². The summed E-state index contributed by atoms with van der Waals surface area (Å²) in [5.74, 6) is 0.134. The zero-order valence-electron chi connectivity index (χ0n) is 20.5. The Morgan fingerprint density at radius 3 is 2.33 bits per heavy atom. The Balaban J connectivity index is 0.00000253. The first-order chi connectivity index (χ1) is 16.7. The van der Waals surface area contributed by atoms with Crippen molar-refractivity contribution in [3.8, 4) is 10.4 Å². The monoisotopic (exact) mass is 654 g/mol. The van der Waals surface area contributed by atoms with Crippen LogP contribution in [-0.2, 0) is 31.6 Å². The number of nitrogen functional groups attached to an aromatic ring is 1. The van der Waals surface area contributed by atoms with Gasteiger partial charge in [-0.25, -0.2) is 18.6 Å². The third-order valence-corrected chi connectivity index (χ3v) is 9.43. The molecule has 7 atom stereocenters. The van der Waals surface area contributed by atoms with E-state index in [1.165, 1.54) is 22.2 Å². The Morgan fingerprint density at radius 2 is 1.74 bits per heavy atom. The van der Waals surface area contributed by atoms with Crippen LogP contribution in [0.25, 0.3) is 21.5 Å². The molecule has 1 aliphatic heterocycles. The molecule has 198 valence electrons. The largest absolute Gasteiger partial charge is 1.00 e. The number of rotatable bonds is 9. The van der Waals surface area contributed by atoms with Crippen LogP contribution < -0.4 is 109 Å². The number of hydrogen-bond donors (Lipinski definition) is 4. The quantitative estimate of drug-likeness (QED) is 0.123. The van der Waals surface area contributed by atoms with Crippen LogP contribution in [0.15, 0.2) is 30.0 Å². The molecule has 4 heterocycles. The molecule has 24 heteroatoms. The van der Waals surface area contributed by atoms with E-state index in [0.717, 1.165) is 4.88 Å². The SMILES string of the molecule is Nc1ncnc2c1c(-c1cccs1)cn2[C@@H]1O[C@H](COP(=O)([O-])OP(=O)([O-])OP(=O)([O-])O)C(O)[C@@H]1O.[Na+].[Na+].[Na+]. The van der Waals surface area contributed by atoms with E-state index in [0.29, 0.717) is 10.9 Å². The Morgan fingerprint density at radius 1 is 1.08 bits per heavy atom. The van der Waals surface area contributed by atoms with Crippen LogP contribution in [-0.4, -0.2) is 54.6 Å². The number of phosphoric acid groups is 3. The van der Waals surface area contributed by atoms with Crippen LogP contribution in [0.2, 0.25) is 0 Å². The minimum Gasteiger partial charge on any atom is -0.756 e. The van der Waals surface area contributed by atoms with Crippen molar-refractivity contribution in [3.63, 3.8) is 0 Å². The fourth-order valence-corrected chi connectivity index (χ4v) is 7.11. The van der Waals surface area contributed by atoms with Crippen LogP contribution in [0.1, 0.15) is 6.23 Å². The molecule has 4 unspecified atom stereocenters. The zero-order valence-corrected chi connectivity index (χ0v) is 30.0. The molecule has 3 aromatic heterocycles. The molecule has 1 aliphatic rings. The first-order valence-electron chi connectivity index (χ1n) is 9.57. The number of phosphoric ester groups is 1. The van der Waals surface area contributed by atoms with E-state index in [-0.39, 0.29) is 100 Å². The zero-order chi connectivity index (χ0) is 26.5. The molecule has 3 aromatic rings. The smallest absolute Gasteiger partial charge is 0.756 e. The van der Waals surface area contributed by atoms with Gasteiger partial charge in [-0.3, -0.25) is 13.7 Å². The van der Waals surface area contributed by atoms with Crippen LogP contribution >= 0.6 is 34.8 Å². The van der Waals surface area contributed by atoms with E-state index in [1.807, 2.05) is 5.38 Å². The van der Waals surface area contributed by atoms with E-state index in [2.05, 4.69) is 23.1 Å². The topological polar surface area (TPSA) is 275 Å². The Labute approximate surface area is 290 Å². The number of fused-ring (bicyclic) bond motifs is 1. The van der Waals surface area contributed by atoms with Gasteiger partial charge >= 0.3 is 88.7 Å². The summed E-state index contributed by atoms with van der Waals surface area (Å²) >= 11 is 1.39. The van der Waals surface area contributed by atoms with E-state index in [1.54, 1.807) is 18.3 Å². The second-order valence-corrected chi connectivity index (χ2v) is 12.5. The van der Waals surface area contributed by atoms with Crippen molar-refractivity contribution >= 4 is 51.7 Å². The number of aromatic nitrogens is 3. The number of thiophene rings is 1. The minimum absolute atomic E-state index is 0. The summed E-state index contributed by atoms with van der Waals surface area (Å²) in [5.41, 5.74) is 6.86. The third kappa shape index (κ3) is 9.45. The molecule has 0 spiro atoms. The van der Waals surface area contributed by atoms with Gasteiger partial charge in [0.2, 0.25) is 0 Å². The number of anilines is 1. The molecule has 0 aliphatic carbocycles. The maximum atomic E-state index is 11.8. The maximum Gasteiger partial charge on any atom is 1.00 e. The molecular weight excluding hydrogens is 638 g/mol. The van der Waals surface area contributed by atoms with Crippen molar-refractivity contribution in [1.82, 2.24) is 14.5 Å². The molecule has 39 heavy (non-hydrogen) atoms. The van der Waals surface area contributed by atoms with Gasteiger partial charge < -0.3 is 49.3 Å². The van der Waals surface area contributed by atoms with Gasteiger partial charge in [0.25, 0.3) is 23.5 Å². The van der Waals surface area contributed by atoms with Gasteiger partial charge in [0, 0.05) is 16.6 Å². The number of aliphatic hydroxyl groups excluding tert-OH is 2. The number of ether oxygens (including phenoxy) is 1. The second kappa shape index (κ2) is 14.9. The van der Waals surface area contributed by atoms with Crippen LogP contribution in [0, 0.1) is 0 Å². The molecule has 0 bridgehead atoms. The average molecular weight is 654 g/mol. The predicted octanol–water partition coefficient (Wildman–Crippen LogP) is -10.2. The summed E-state index contributed by atoms with van der Waals surface area (Å²) in [4.78, 5) is 51.0. The van der Waals surface area contributed by atoms with Crippen LogP contribution in [0.4, 0.5) is 5.82 Å². The normalized spacial score (nSPS) is 25.4. The van der Waals surface area contributed by atoms with Gasteiger partial charge in [-0.1, -0.05) is 6.07 Å². The summed E-state index contributed by atoms with van der Waals surface area (Å²) in [6, 6.07) is 3.60. The standard InChI is InChI=1S/C15H19N4O13P3S.3Na/c16-13-10-7(9-2-1-3-36-9)4-19(14(10)18-6-17-13)15-12(21)11(20)8(30-15)5-29-34(25,26)32-35(27,28)31-33(22,23)24;;;/h1-4,6,8,11-12,15,20-21H,5H2,(H,25,26)(H,27,28)(H2,16,17,18)(H2,22,23,24);;;/q;3*+1/p-3/t8-,11?,12+,15-;;;/m1.../s1. The van der Waals surface area contributed by atoms with Gasteiger partial charge in [-0.05, 0) is 11.4 Å². The molecule has 0 saturated carbocycles. The van der Waals surface area contributed by atoms with E-state index < -0.39 is 54.6 Å². The van der Waals surface area contributed by atoms with Crippen LogP contribution in [0.3, 0.4) is 0 Å². The number of aliphatic hydroxyl groups is 2. The van der Waals surface area contributed by atoms with Gasteiger partial charge in [-0.2, -0.15) is 0 Å². The summed E-state index contributed by atoms with van der Waals surface area (Å²) in [6.45, 7) is -1.06. The molecule has 0 radical (unpaired) electrons. The Hall–Kier alpha value is 1.41. The molecule has 1 saturated heterocycles. The van der Waals surface area contributed by atoms with Crippen molar-refractivity contribution < 1.29 is 150 Å². The molecule has 4 rings (SSSR count). The van der Waals surface area contributed by atoms with Crippen LogP contribution in [0.5, 0.6) is 0 Å². The molecule has 17 nitrogen and oxygen atoms in total. The van der Waals surface area contributed by atoms with Gasteiger partial charge in [0.1, 0.15) is 36.1 Å². The third-order valence-electron chi connectivity index (χ3n) is 4.84. The summed E-state index contributed by atoms with van der Waals surface area (Å²) in [5, 5.41) is 23.2. The van der Waals surface area contributed by atoms with Crippen molar-refractivity contribution in [2.75, 3.05) is 12.3 Å². The van der Waals surface area contributed by atoms with Gasteiger partial charge in [0.15, 0.2) is 6.23 Å². The van der Waals surface area contributed by atoms with Gasteiger partial charge in [-0.15, -0.1) is 11.3 Å². The van der Waals surface area contributed by atoms with Gasteiger partial charge in [0.05, 0.1) is 12.0 Å². The maximum absolute atomic E-state index is 11.8. The summed E-state index contributed by atoms with van der Waals surface area (Å²) in [7, 11) is -17.8. The number of nitrogens with zero attached hydrogens (tertiary/aromatic N) is 3. The predicted molar refractivity (Wildman–Crippen MR) is 114 cm³/mol. The molecule has 5 N–H and O–H groups in total.